The number of carbonyl (C=O) groups is 1. The third-order valence-electron chi connectivity index (χ3n) is 3.68. The quantitative estimate of drug-likeness (QED) is 0.744. The van der Waals surface area contributed by atoms with E-state index in [1.807, 2.05) is 0 Å². The highest BCUT2D eigenvalue weighted by Gasteiger charge is 2.56. The van der Waals surface area contributed by atoms with E-state index in [9.17, 15) is 4.79 Å². The van der Waals surface area contributed by atoms with Crippen LogP contribution in [0.1, 0.15) is 41.0 Å². The lowest BCUT2D eigenvalue weighted by atomic mass is 10.1. The number of fused-ring (bicyclic) bond motifs is 3. The average molecular weight is 192 g/mol. The van der Waals surface area contributed by atoms with Crippen molar-refractivity contribution in [2.45, 2.75) is 25.7 Å². The SMILES string of the molecule is CC[C@@H]1[C@H]2Cc3c(C(=O)O)n[nH]c3[C@@H]12. The monoisotopic (exact) mass is 192 g/mol. The van der Waals surface area contributed by atoms with Crippen LogP contribution in [0, 0.1) is 11.8 Å². The summed E-state index contributed by atoms with van der Waals surface area (Å²) in [7, 11) is 0. The Balaban J connectivity index is 1.99. The van der Waals surface area contributed by atoms with Gasteiger partial charge in [0.05, 0.1) is 0 Å². The van der Waals surface area contributed by atoms with E-state index in [-0.39, 0.29) is 5.69 Å². The highest BCUT2D eigenvalue weighted by molar-refractivity contribution is 5.87. The van der Waals surface area contributed by atoms with E-state index < -0.39 is 5.97 Å². The van der Waals surface area contributed by atoms with Crippen LogP contribution in [0.4, 0.5) is 0 Å². The molecule has 0 amide bonds. The van der Waals surface area contributed by atoms with Crippen LogP contribution in [0.2, 0.25) is 0 Å². The number of H-pyrrole nitrogens is 1. The second-order valence-electron chi connectivity index (χ2n) is 4.24. The van der Waals surface area contributed by atoms with Gasteiger partial charge < -0.3 is 5.11 Å². The molecule has 74 valence electrons. The van der Waals surface area contributed by atoms with Crippen molar-refractivity contribution in [3.05, 3.63) is 17.0 Å². The van der Waals surface area contributed by atoms with E-state index in [1.165, 1.54) is 6.42 Å². The van der Waals surface area contributed by atoms with E-state index in [4.69, 9.17) is 5.11 Å². The highest BCUT2D eigenvalue weighted by Crippen LogP contribution is 2.62. The molecule has 2 aliphatic rings. The van der Waals surface area contributed by atoms with Crippen LogP contribution in [0.25, 0.3) is 0 Å². The van der Waals surface area contributed by atoms with Crippen LogP contribution in [0.5, 0.6) is 0 Å². The maximum atomic E-state index is 10.8. The zero-order valence-electron chi connectivity index (χ0n) is 7.95. The summed E-state index contributed by atoms with van der Waals surface area (Å²) in [5.41, 5.74) is 2.29. The molecule has 1 heterocycles. The Morgan fingerprint density at radius 3 is 3.14 bits per heavy atom. The minimum atomic E-state index is -0.906. The molecule has 0 saturated heterocycles. The van der Waals surface area contributed by atoms with E-state index in [1.54, 1.807) is 0 Å². The molecule has 1 aromatic rings. The average Bonchev–Trinajstić information content (AvgIpc) is 2.55. The fourth-order valence-corrected chi connectivity index (χ4v) is 2.98. The zero-order chi connectivity index (χ0) is 9.87. The highest BCUT2D eigenvalue weighted by atomic mass is 16.4. The third-order valence-corrected chi connectivity index (χ3v) is 3.68. The van der Waals surface area contributed by atoms with Gasteiger partial charge in [0.1, 0.15) is 0 Å². The van der Waals surface area contributed by atoms with E-state index in [0.717, 1.165) is 23.6 Å². The van der Waals surface area contributed by atoms with Crippen LogP contribution < -0.4 is 0 Å². The molecule has 3 atom stereocenters. The van der Waals surface area contributed by atoms with Gasteiger partial charge in [0.2, 0.25) is 0 Å². The number of nitrogens with zero attached hydrogens (tertiary/aromatic N) is 1. The van der Waals surface area contributed by atoms with E-state index in [2.05, 4.69) is 17.1 Å². The van der Waals surface area contributed by atoms with Crippen molar-refractivity contribution in [1.29, 1.82) is 0 Å². The maximum Gasteiger partial charge on any atom is 0.356 e. The fraction of sp³-hybridized carbons (Fsp3) is 0.600. The molecular weight excluding hydrogens is 180 g/mol. The fourth-order valence-electron chi connectivity index (χ4n) is 2.98. The first-order chi connectivity index (χ1) is 6.74. The first-order valence-electron chi connectivity index (χ1n) is 5.04. The van der Waals surface area contributed by atoms with Crippen LogP contribution in [-0.2, 0) is 6.42 Å². The van der Waals surface area contributed by atoms with Crippen molar-refractivity contribution < 1.29 is 9.90 Å². The molecular formula is C10H12N2O2. The Labute approximate surface area is 81.3 Å². The molecule has 14 heavy (non-hydrogen) atoms. The van der Waals surface area contributed by atoms with Gasteiger partial charge in [-0.25, -0.2) is 4.79 Å². The summed E-state index contributed by atoms with van der Waals surface area (Å²) in [4.78, 5) is 10.8. The predicted molar refractivity (Wildman–Crippen MR) is 49.3 cm³/mol. The zero-order valence-corrected chi connectivity index (χ0v) is 7.95. The molecule has 0 unspecified atom stereocenters. The number of aromatic carboxylic acids is 1. The summed E-state index contributed by atoms with van der Waals surface area (Å²) in [6.07, 6.45) is 2.10. The van der Waals surface area contributed by atoms with Crippen molar-refractivity contribution in [3.8, 4) is 0 Å². The predicted octanol–water partition coefficient (Wildman–Crippen LogP) is 1.40. The van der Waals surface area contributed by atoms with Gasteiger partial charge in [0, 0.05) is 17.2 Å². The first-order valence-corrected chi connectivity index (χ1v) is 5.04. The number of carboxylic acids is 1. The summed E-state index contributed by atoms with van der Waals surface area (Å²) >= 11 is 0. The van der Waals surface area contributed by atoms with Gasteiger partial charge in [-0.2, -0.15) is 5.10 Å². The van der Waals surface area contributed by atoms with Gasteiger partial charge in [-0.3, -0.25) is 5.10 Å². The summed E-state index contributed by atoms with van der Waals surface area (Å²) in [5, 5.41) is 15.6. The third kappa shape index (κ3) is 0.786. The summed E-state index contributed by atoms with van der Waals surface area (Å²) in [5.74, 6) is 1.14. The van der Waals surface area contributed by atoms with Crippen molar-refractivity contribution in [1.82, 2.24) is 10.2 Å². The number of hydrogen-bond acceptors (Lipinski definition) is 2. The topological polar surface area (TPSA) is 66.0 Å². The van der Waals surface area contributed by atoms with Crippen molar-refractivity contribution in [2.24, 2.45) is 11.8 Å². The smallest absolute Gasteiger partial charge is 0.356 e. The molecule has 2 aliphatic carbocycles. The van der Waals surface area contributed by atoms with Crippen LogP contribution in [-0.4, -0.2) is 21.3 Å². The van der Waals surface area contributed by atoms with Gasteiger partial charge >= 0.3 is 5.97 Å². The van der Waals surface area contributed by atoms with Gasteiger partial charge in [-0.05, 0) is 18.3 Å². The summed E-state index contributed by atoms with van der Waals surface area (Å²) in [6, 6.07) is 0. The standard InChI is InChI=1S/C10H12N2O2/c1-2-4-5-3-6-8(7(4)5)11-12-9(6)10(13)14/h4-5,7H,2-3H2,1H3,(H,11,12)(H,13,14)/t4-,5-,7+/m1/s1. The maximum absolute atomic E-state index is 10.8. The minimum absolute atomic E-state index is 0.238. The Morgan fingerprint density at radius 1 is 1.71 bits per heavy atom. The first kappa shape index (κ1) is 8.03. The molecule has 1 fully saturated rings. The van der Waals surface area contributed by atoms with Crippen molar-refractivity contribution in [2.75, 3.05) is 0 Å². The van der Waals surface area contributed by atoms with Crippen LogP contribution >= 0.6 is 0 Å². The van der Waals surface area contributed by atoms with E-state index in [0.29, 0.717) is 11.8 Å². The summed E-state index contributed by atoms with van der Waals surface area (Å²) < 4.78 is 0. The molecule has 2 N–H and O–H groups in total. The van der Waals surface area contributed by atoms with Gasteiger partial charge in [-0.15, -0.1) is 0 Å². The molecule has 4 heteroatoms. The molecule has 0 radical (unpaired) electrons. The normalized spacial score (nSPS) is 32.5. The molecule has 0 bridgehead atoms. The number of rotatable bonds is 2. The lowest BCUT2D eigenvalue weighted by Gasteiger charge is -1.99. The number of hydrogen-bond donors (Lipinski definition) is 2. The summed E-state index contributed by atoms with van der Waals surface area (Å²) in [6.45, 7) is 2.19. The van der Waals surface area contributed by atoms with E-state index >= 15 is 0 Å². The Morgan fingerprint density at radius 2 is 2.50 bits per heavy atom. The lowest BCUT2D eigenvalue weighted by Crippen LogP contribution is -2.02. The minimum Gasteiger partial charge on any atom is -0.476 e. The number of aromatic nitrogens is 2. The Hall–Kier alpha value is -1.32. The molecule has 4 nitrogen and oxygen atoms in total. The molecule has 1 aromatic heterocycles. The second-order valence-corrected chi connectivity index (χ2v) is 4.24. The molecule has 0 aromatic carbocycles. The number of aromatic amines is 1. The second kappa shape index (κ2) is 2.38. The molecule has 1 saturated carbocycles. The largest absolute Gasteiger partial charge is 0.476 e. The van der Waals surface area contributed by atoms with Crippen molar-refractivity contribution in [3.63, 3.8) is 0 Å². The van der Waals surface area contributed by atoms with Crippen LogP contribution in [0.3, 0.4) is 0 Å². The lowest BCUT2D eigenvalue weighted by molar-refractivity contribution is 0.0689. The van der Waals surface area contributed by atoms with Crippen molar-refractivity contribution >= 4 is 5.97 Å². The number of carboxylic acid groups (broad SMARTS) is 1. The van der Waals surface area contributed by atoms with Crippen LogP contribution in [0.15, 0.2) is 0 Å². The Bertz CT molecular complexity index is 410. The molecule has 0 aliphatic heterocycles. The molecule has 3 rings (SSSR count). The Kier molecular flexibility index (Phi) is 1.36. The van der Waals surface area contributed by atoms with Gasteiger partial charge in [-0.1, -0.05) is 13.3 Å². The van der Waals surface area contributed by atoms with Gasteiger partial charge in [0.15, 0.2) is 5.69 Å². The number of nitrogens with one attached hydrogen (secondary N) is 1. The van der Waals surface area contributed by atoms with Gasteiger partial charge in [0.25, 0.3) is 0 Å². The molecule has 0 spiro atoms.